The number of aliphatic hydroxyl groups is 1. The standard InChI is InChI=1S/C40H57ClN2O4/c1-23(2)31-27(44)22-40(43-34(47)36(5,6)42-33(46)24-10-12-25(41)13-11-24)21-20-38(8)26(32(31)40)14-15-29-37(7)18-17-30(45)35(3,4)28(37)16-19-39(29,38)9/h10-13,23,26,28-30,45H,14-22H2,1-9H3,(H,42,46)(H,43,47)/t26-,28+,29-,30+,37+,38-,39-,40-/m1/s1. The number of aliphatic hydroxyl groups excluding tert-OH is 1. The van der Waals surface area contributed by atoms with E-state index in [9.17, 15) is 19.5 Å². The lowest BCUT2D eigenvalue weighted by Gasteiger charge is -2.72. The Morgan fingerprint density at radius 1 is 0.894 bits per heavy atom. The lowest BCUT2D eigenvalue weighted by Crippen LogP contribution is -2.68. The van der Waals surface area contributed by atoms with E-state index in [1.54, 1.807) is 38.1 Å². The van der Waals surface area contributed by atoms with Crippen LogP contribution in [-0.2, 0) is 9.59 Å². The zero-order chi connectivity index (χ0) is 34.5. The molecular formula is C40H57ClN2O4. The molecule has 0 saturated heterocycles. The minimum atomic E-state index is -1.20. The van der Waals surface area contributed by atoms with E-state index in [4.69, 9.17) is 11.6 Å². The van der Waals surface area contributed by atoms with Gasteiger partial charge in [0.2, 0.25) is 5.91 Å². The first-order valence-electron chi connectivity index (χ1n) is 18.1. The molecule has 0 aliphatic heterocycles. The van der Waals surface area contributed by atoms with Crippen molar-refractivity contribution in [3.63, 3.8) is 0 Å². The van der Waals surface area contributed by atoms with Crippen molar-refractivity contribution in [1.29, 1.82) is 0 Å². The van der Waals surface area contributed by atoms with Crippen molar-refractivity contribution >= 4 is 29.2 Å². The van der Waals surface area contributed by atoms with E-state index in [1.165, 1.54) is 5.57 Å². The van der Waals surface area contributed by atoms with Gasteiger partial charge in [0, 0.05) is 17.0 Å². The molecule has 0 aromatic heterocycles. The number of Topliss-reactive ketones (excluding diaryl/α,β-unsaturated/α-hetero) is 1. The largest absolute Gasteiger partial charge is 0.393 e. The minimum Gasteiger partial charge on any atom is -0.393 e. The summed E-state index contributed by atoms with van der Waals surface area (Å²) in [7, 11) is 0. The van der Waals surface area contributed by atoms with Gasteiger partial charge < -0.3 is 15.7 Å². The number of allylic oxidation sites excluding steroid dienone is 1. The van der Waals surface area contributed by atoms with Crippen LogP contribution in [0.1, 0.15) is 130 Å². The van der Waals surface area contributed by atoms with Gasteiger partial charge in [0.05, 0.1) is 11.6 Å². The molecule has 258 valence electrons. The predicted octanol–water partition coefficient (Wildman–Crippen LogP) is 8.06. The summed E-state index contributed by atoms with van der Waals surface area (Å²) in [6.45, 7) is 19.9. The van der Waals surface area contributed by atoms with E-state index in [0.29, 0.717) is 28.8 Å². The number of amides is 2. The molecule has 1 aromatic rings. The maximum Gasteiger partial charge on any atom is 0.252 e. The van der Waals surface area contributed by atoms with Crippen LogP contribution in [0.25, 0.3) is 0 Å². The summed E-state index contributed by atoms with van der Waals surface area (Å²) < 4.78 is 0. The van der Waals surface area contributed by atoms with Crippen LogP contribution >= 0.6 is 11.6 Å². The topological polar surface area (TPSA) is 95.5 Å². The van der Waals surface area contributed by atoms with Crippen LogP contribution < -0.4 is 10.6 Å². The molecule has 0 bridgehead atoms. The molecule has 0 radical (unpaired) electrons. The van der Waals surface area contributed by atoms with E-state index in [0.717, 1.165) is 56.9 Å². The second-order valence-corrected chi connectivity index (χ2v) is 18.6. The third-order valence-corrected chi connectivity index (χ3v) is 15.1. The minimum absolute atomic E-state index is 0.0171. The van der Waals surface area contributed by atoms with E-state index in [2.05, 4.69) is 59.1 Å². The number of rotatable bonds is 5. The molecule has 0 heterocycles. The number of hydrogen-bond acceptors (Lipinski definition) is 4. The van der Waals surface area contributed by atoms with Crippen LogP contribution in [0.4, 0.5) is 0 Å². The average Bonchev–Trinajstić information content (AvgIpc) is 3.27. The zero-order valence-corrected chi connectivity index (χ0v) is 30.9. The van der Waals surface area contributed by atoms with Gasteiger partial charge in [-0.3, -0.25) is 14.4 Å². The van der Waals surface area contributed by atoms with Crippen LogP contribution in [0, 0.1) is 45.3 Å². The van der Waals surface area contributed by atoms with Crippen molar-refractivity contribution in [2.75, 3.05) is 0 Å². The molecule has 8 atom stereocenters. The lowest BCUT2D eigenvalue weighted by atomic mass is 9.33. The summed E-state index contributed by atoms with van der Waals surface area (Å²) in [5.41, 5.74) is 0.749. The van der Waals surface area contributed by atoms with Crippen molar-refractivity contribution < 1.29 is 19.5 Å². The van der Waals surface area contributed by atoms with Gasteiger partial charge in [0.1, 0.15) is 5.54 Å². The quantitative estimate of drug-likeness (QED) is 0.297. The molecule has 47 heavy (non-hydrogen) atoms. The monoisotopic (exact) mass is 664 g/mol. The number of halogens is 1. The molecule has 1 aromatic carbocycles. The van der Waals surface area contributed by atoms with Crippen molar-refractivity contribution in [1.82, 2.24) is 10.6 Å². The molecule has 6 nitrogen and oxygen atoms in total. The molecule has 3 N–H and O–H groups in total. The highest BCUT2D eigenvalue weighted by Gasteiger charge is 2.70. The Bertz CT molecular complexity index is 1510. The molecule has 6 rings (SSSR count). The van der Waals surface area contributed by atoms with Gasteiger partial charge in [-0.25, -0.2) is 0 Å². The van der Waals surface area contributed by atoms with Gasteiger partial charge in [-0.1, -0.05) is 60.1 Å². The molecule has 4 fully saturated rings. The summed E-state index contributed by atoms with van der Waals surface area (Å²) in [5.74, 6) is 0.855. The Labute approximate surface area is 287 Å². The Morgan fingerprint density at radius 2 is 1.55 bits per heavy atom. The number of hydrogen-bond donors (Lipinski definition) is 3. The summed E-state index contributed by atoms with van der Waals surface area (Å²) in [4.78, 5) is 41.3. The summed E-state index contributed by atoms with van der Waals surface area (Å²) in [6.07, 6.45) is 7.99. The van der Waals surface area contributed by atoms with Crippen LogP contribution in [0.3, 0.4) is 0 Å². The first-order chi connectivity index (χ1) is 21.7. The molecule has 2 amide bonds. The van der Waals surface area contributed by atoms with Gasteiger partial charge in [0.15, 0.2) is 5.78 Å². The molecule has 5 aliphatic rings. The maximum atomic E-state index is 14.2. The van der Waals surface area contributed by atoms with Crippen molar-refractivity contribution in [2.45, 2.75) is 137 Å². The fourth-order valence-electron chi connectivity index (χ4n) is 12.1. The number of carbonyl (C=O) groups is 3. The molecule has 5 aliphatic carbocycles. The fourth-order valence-corrected chi connectivity index (χ4v) is 12.3. The number of nitrogens with one attached hydrogen (secondary N) is 2. The first-order valence-corrected chi connectivity index (χ1v) is 18.5. The van der Waals surface area contributed by atoms with Crippen molar-refractivity contribution in [3.8, 4) is 0 Å². The number of fused-ring (bicyclic) bond motifs is 7. The van der Waals surface area contributed by atoms with E-state index < -0.39 is 11.1 Å². The molecule has 7 heteroatoms. The third-order valence-electron chi connectivity index (χ3n) is 14.9. The summed E-state index contributed by atoms with van der Waals surface area (Å²) in [5, 5.41) is 18.0. The highest BCUT2D eigenvalue weighted by molar-refractivity contribution is 6.30. The van der Waals surface area contributed by atoms with Crippen LogP contribution in [0.15, 0.2) is 35.4 Å². The molecule has 0 spiro atoms. The first kappa shape index (κ1) is 34.7. The highest BCUT2D eigenvalue weighted by atomic mass is 35.5. The lowest BCUT2D eigenvalue weighted by molar-refractivity contribution is -0.227. The number of benzene rings is 1. The predicted molar refractivity (Wildman–Crippen MR) is 187 cm³/mol. The molecule has 0 unspecified atom stereocenters. The van der Waals surface area contributed by atoms with Gasteiger partial charge in [0.25, 0.3) is 5.91 Å². The second-order valence-electron chi connectivity index (χ2n) is 18.2. The zero-order valence-electron chi connectivity index (χ0n) is 30.1. The van der Waals surface area contributed by atoms with Crippen molar-refractivity contribution in [2.24, 2.45) is 45.3 Å². The SMILES string of the molecule is CC(C)C1=C2[C@H]3CC[C@@H]4[C@@]5(C)CC[C@H](O)C(C)(C)[C@@H]5CC[C@@]4(C)[C@]3(C)CC[C@@]2(NC(=O)C(C)(C)NC(=O)c2ccc(Cl)cc2)CC1=O. The number of ketones is 1. The van der Waals surface area contributed by atoms with E-state index in [-0.39, 0.29) is 57.2 Å². The smallest absolute Gasteiger partial charge is 0.252 e. The van der Waals surface area contributed by atoms with Crippen LogP contribution in [0.5, 0.6) is 0 Å². The van der Waals surface area contributed by atoms with Crippen molar-refractivity contribution in [3.05, 3.63) is 46.0 Å². The fraction of sp³-hybridized carbons (Fsp3) is 0.725. The van der Waals surface area contributed by atoms with Crippen LogP contribution in [0.2, 0.25) is 5.02 Å². The Morgan fingerprint density at radius 3 is 2.19 bits per heavy atom. The summed E-state index contributed by atoms with van der Waals surface area (Å²) in [6, 6.07) is 6.63. The average molecular weight is 665 g/mol. The Balaban J connectivity index is 1.33. The molecule has 4 saturated carbocycles. The van der Waals surface area contributed by atoms with E-state index in [1.807, 2.05) is 0 Å². The number of carbonyl (C=O) groups excluding carboxylic acids is 3. The second kappa shape index (κ2) is 11.2. The van der Waals surface area contributed by atoms with Gasteiger partial charge in [-0.05, 0) is 146 Å². The normalized spacial score (nSPS) is 39.4. The van der Waals surface area contributed by atoms with Gasteiger partial charge in [-0.15, -0.1) is 0 Å². The highest BCUT2D eigenvalue weighted by Crippen LogP contribution is 2.75. The van der Waals surface area contributed by atoms with Crippen LogP contribution in [-0.4, -0.2) is 39.9 Å². The Kier molecular flexibility index (Phi) is 8.24. The van der Waals surface area contributed by atoms with E-state index >= 15 is 0 Å². The van der Waals surface area contributed by atoms with Gasteiger partial charge in [-0.2, -0.15) is 0 Å². The maximum absolute atomic E-state index is 14.2. The Hall–Kier alpha value is -2.18. The third kappa shape index (κ3) is 5.00. The van der Waals surface area contributed by atoms with Gasteiger partial charge >= 0.3 is 0 Å². The summed E-state index contributed by atoms with van der Waals surface area (Å²) >= 11 is 6.03. The molecular weight excluding hydrogens is 608 g/mol.